The van der Waals surface area contributed by atoms with Crippen molar-refractivity contribution in [1.82, 2.24) is 0 Å². The Kier molecular flexibility index (Phi) is 5.29. The van der Waals surface area contributed by atoms with Crippen LogP contribution < -0.4 is 11.1 Å². The molecule has 98 valence electrons. The lowest BCUT2D eigenvalue weighted by Gasteiger charge is -2.13. The Bertz CT molecular complexity index is 430. The lowest BCUT2D eigenvalue weighted by molar-refractivity contribution is -0.125. The molecular weight excluding hydrogens is 236 g/mol. The van der Waals surface area contributed by atoms with Gasteiger partial charge in [0.2, 0.25) is 0 Å². The first kappa shape index (κ1) is 14.1. The Morgan fingerprint density at radius 3 is 2.67 bits per heavy atom. The lowest BCUT2D eigenvalue weighted by Crippen LogP contribution is -2.35. The zero-order valence-electron chi connectivity index (χ0n) is 10.3. The van der Waals surface area contributed by atoms with Crippen molar-refractivity contribution in [2.75, 3.05) is 26.1 Å². The summed E-state index contributed by atoms with van der Waals surface area (Å²) in [5, 5.41) is 2.61. The van der Waals surface area contributed by atoms with Gasteiger partial charge in [-0.3, -0.25) is 4.79 Å². The van der Waals surface area contributed by atoms with Gasteiger partial charge in [0.05, 0.1) is 12.7 Å². The molecule has 1 amide bonds. The Morgan fingerprint density at radius 1 is 1.39 bits per heavy atom. The topological polar surface area (TPSA) is 90.7 Å². The number of ether oxygens (including phenoxy) is 2. The van der Waals surface area contributed by atoms with Gasteiger partial charge >= 0.3 is 5.97 Å². The average Bonchev–Trinajstić information content (AvgIpc) is 2.39. The van der Waals surface area contributed by atoms with Gasteiger partial charge in [-0.25, -0.2) is 4.79 Å². The third kappa shape index (κ3) is 3.54. The predicted molar refractivity (Wildman–Crippen MR) is 66.3 cm³/mol. The van der Waals surface area contributed by atoms with Crippen LogP contribution in [0.3, 0.4) is 0 Å². The molecule has 0 saturated heterocycles. The Morgan fingerprint density at radius 2 is 2.11 bits per heavy atom. The second-order valence-electron chi connectivity index (χ2n) is 3.52. The highest BCUT2D eigenvalue weighted by Crippen LogP contribution is 2.12. The number of carbonyl (C=O) groups is 2. The molecule has 18 heavy (non-hydrogen) atoms. The van der Waals surface area contributed by atoms with E-state index in [0.717, 1.165) is 0 Å². The second-order valence-corrected chi connectivity index (χ2v) is 3.52. The van der Waals surface area contributed by atoms with Gasteiger partial charge < -0.3 is 20.5 Å². The van der Waals surface area contributed by atoms with E-state index in [1.165, 1.54) is 20.3 Å². The molecule has 1 aromatic carbocycles. The SMILES string of the molecule is COC(=O)c1cccc(NC(=O)C(CN)OC)c1. The van der Waals surface area contributed by atoms with Crippen molar-refractivity contribution in [1.29, 1.82) is 0 Å². The molecule has 1 rings (SSSR count). The van der Waals surface area contributed by atoms with Crippen LogP contribution in [0, 0.1) is 0 Å². The maximum Gasteiger partial charge on any atom is 0.337 e. The summed E-state index contributed by atoms with van der Waals surface area (Å²) in [5.74, 6) is -0.824. The van der Waals surface area contributed by atoms with Crippen LogP contribution in [-0.2, 0) is 14.3 Å². The van der Waals surface area contributed by atoms with Crippen molar-refractivity contribution in [3.63, 3.8) is 0 Å². The number of nitrogens with one attached hydrogen (secondary N) is 1. The van der Waals surface area contributed by atoms with Gasteiger partial charge in [-0.1, -0.05) is 6.07 Å². The van der Waals surface area contributed by atoms with E-state index in [9.17, 15) is 9.59 Å². The first-order valence-electron chi connectivity index (χ1n) is 5.34. The molecule has 1 aromatic rings. The summed E-state index contributed by atoms with van der Waals surface area (Å²) in [5.41, 5.74) is 6.22. The number of benzene rings is 1. The number of nitrogens with two attached hydrogens (primary N) is 1. The third-order valence-electron chi connectivity index (χ3n) is 2.34. The fraction of sp³-hybridized carbons (Fsp3) is 0.333. The molecule has 0 fully saturated rings. The molecule has 0 aromatic heterocycles. The summed E-state index contributed by atoms with van der Waals surface area (Å²) in [4.78, 5) is 23.0. The van der Waals surface area contributed by atoms with Gasteiger partial charge in [0.25, 0.3) is 5.91 Å². The van der Waals surface area contributed by atoms with E-state index >= 15 is 0 Å². The van der Waals surface area contributed by atoms with E-state index in [2.05, 4.69) is 10.1 Å². The van der Waals surface area contributed by atoms with Gasteiger partial charge in [-0.05, 0) is 18.2 Å². The molecular formula is C12H16N2O4. The zero-order valence-corrected chi connectivity index (χ0v) is 10.3. The number of carbonyl (C=O) groups excluding carboxylic acids is 2. The highest BCUT2D eigenvalue weighted by molar-refractivity contribution is 5.96. The van der Waals surface area contributed by atoms with E-state index in [1.54, 1.807) is 18.2 Å². The molecule has 6 heteroatoms. The van der Waals surface area contributed by atoms with E-state index in [4.69, 9.17) is 10.5 Å². The van der Waals surface area contributed by atoms with Crippen LogP contribution in [0.15, 0.2) is 24.3 Å². The molecule has 0 saturated carbocycles. The summed E-state index contributed by atoms with van der Waals surface area (Å²) in [6.07, 6.45) is -0.716. The Hall–Kier alpha value is -1.92. The first-order chi connectivity index (χ1) is 8.62. The van der Waals surface area contributed by atoms with Crippen LogP contribution in [0.25, 0.3) is 0 Å². The molecule has 3 N–H and O–H groups in total. The second kappa shape index (κ2) is 6.73. The lowest BCUT2D eigenvalue weighted by atomic mass is 10.2. The Labute approximate surface area is 105 Å². The summed E-state index contributed by atoms with van der Waals surface area (Å²) in [6.45, 7) is 0.0824. The molecule has 0 aliphatic heterocycles. The fourth-order valence-electron chi connectivity index (χ4n) is 1.37. The quantitative estimate of drug-likeness (QED) is 0.739. The predicted octanol–water partition coefficient (Wildman–Crippen LogP) is 0.385. The molecule has 6 nitrogen and oxygen atoms in total. The van der Waals surface area contributed by atoms with Crippen molar-refractivity contribution >= 4 is 17.6 Å². The minimum Gasteiger partial charge on any atom is -0.465 e. The number of methoxy groups -OCH3 is 2. The summed E-state index contributed by atoms with van der Waals surface area (Å²) in [6, 6.07) is 6.42. The van der Waals surface area contributed by atoms with Crippen LogP contribution in [-0.4, -0.2) is 38.7 Å². The number of esters is 1. The van der Waals surface area contributed by atoms with Crippen molar-refractivity contribution in [3.05, 3.63) is 29.8 Å². The standard InChI is InChI=1S/C12H16N2O4/c1-17-10(7-13)11(15)14-9-5-3-4-8(6-9)12(16)18-2/h3-6,10H,7,13H2,1-2H3,(H,14,15). The molecule has 0 bridgehead atoms. The van der Waals surface area contributed by atoms with Crippen LogP contribution in [0.5, 0.6) is 0 Å². The number of amides is 1. The summed E-state index contributed by atoms with van der Waals surface area (Å²) >= 11 is 0. The zero-order chi connectivity index (χ0) is 13.5. The maximum absolute atomic E-state index is 11.7. The largest absolute Gasteiger partial charge is 0.465 e. The maximum atomic E-state index is 11.7. The monoisotopic (exact) mass is 252 g/mol. The average molecular weight is 252 g/mol. The van der Waals surface area contributed by atoms with Crippen molar-refractivity contribution in [2.45, 2.75) is 6.10 Å². The minimum absolute atomic E-state index is 0.0824. The van der Waals surface area contributed by atoms with E-state index in [-0.39, 0.29) is 12.5 Å². The number of anilines is 1. The minimum atomic E-state index is -0.716. The summed E-state index contributed by atoms with van der Waals surface area (Å²) in [7, 11) is 2.70. The molecule has 0 radical (unpaired) electrons. The normalized spacial score (nSPS) is 11.7. The van der Waals surface area contributed by atoms with Crippen LogP contribution >= 0.6 is 0 Å². The van der Waals surface area contributed by atoms with Crippen LogP contribution in [0.2, 0.25) is 0 Å². The van der Waals surface area contributed by atoms with E-state index in [0.29, 0.717) is 11.3 Å². The van der Waals surface area contributed by atoms with Crippen molar-refractivity contribution < 1.29 is 19.1 Å². The van der Waals surface area contributed by atoms with Crippen LogP contribution in [0.1, 0.15) is 10.4 Å². The number of rotatable bonds is 5. The number of hydrogen-bond acceptors (Lipinski definition) is 5. The van der Waals surface area contributed by atoms with Gasteiger partial charge in [-0.2, -0.15) is 0 Å². The highest BCUT2D eigenvalue weighted by atomic mass is 16.5. The van der Waals surface area contributed by atoms with Gasteiger partial charge in [0.15, 0.2) is 0 Å². The van der Waals surface area contributed by atoms with E-state index < -0.39 is 12.1 Å². The molecule has 0 spiro atoms. The fourth-order valence-corrected chi connectivity index (χ4v) is 1.37. The van der Waals surface area contributed by atoms with Crippen molar-refractivity contribution in [2.24, 2.45) is 5.73 Å². The van der Waals surface area contributed by atoms with Crippen molar-refractivity contribution in [3.8, 4) is 0 Å². The molecule has 1 atom stereocenters. The third-order valence-corrected chi connectivity index (χ3v) is 2.34. The van der Waals surface area contributed by atoms with Gasteiger partial charge in [-0.15, -0.1) is 0 Å². The summed E-state index contributed by atoms with van der Waals surface area (Å²) < 4.78 is 9.49. The first-order valence-corrected chi connectivity index (χ1v) is 5.34. The smallest absolute Gasteiger partial charge is 0.337 e. The molecule has 0 aliphatic carbocycles. The van der Waals surface area contributed by atoms with E-state index in [1.807, 2.05) is 0 Å². The van der Waals surface area contributed by atoms with Gasteiger partial charge in [0, 0.05) is 19.3 Å². The Balaban J connectivity index is 2.79. The molecule has 1 unspecified atom stereocenters. The highest BCUT2D eigenvalue weighted by Gasteiger charge is 2.16. The van der Waals surface area contributed by atoms with Gasteiger partial charge in [0.1, 0.15) is 6.10 Å². The van der Waals surface area contributed by atoms with Crippen LogP contribution in [0.4, 0.5) is 5.69 Å². The number of hydrogen-bond donors (Lipinski definition) is 2. The molecule has 0 aliphatic rings. The molecule has 0 heterocycles.